The maximum absolute atomic E-state index is 5.32. The Kier molecular flexibility index (Phi) is 8.95. The van der Waals surface area contributed by atoms with E-state index in [1.54, 1.807) is 0 Å². The van der Waals surface area contributed by atoms with Crippen molar-refractivity contribution in [1.82, 2.24) is 0 Å². The Bertz CT molecular complexity index is 81.9. The highest BCUT2D eigenvalue weighted by Crippen LogP contribution is 1.94. The zero-order chi connectivity index (χ0) is 9.23. The first-order chi connectivity index (χ1) is 5.77. The third-order valence-electron chi connectivity index (χ3n) is 1.40. The van der Waals surface area contributed by atoms with Gasteiger partial charge in [-0.1, -0.05) is 27.2 Å². The van der Waals surface area contributed by atoms with Crippen molar-refractivity contribution in [2.45, 2.75) is 33.6 Å². The predicted octanol–water partition coefficient (Wildman–Crippen LogP) is 2.43. The number of ether oxygens (including phenoxy) is 2. The van der Waals surface area contributed by atoms with Crippen molar-refractivity contribution >= 4 is 0 Å². The van der Waals surface area contributed by atoms with E-state index < -0.39 is 0 Å². The van der Waals surface area contributed by atoms with Gasteiger partial charge < -0.3 is 9.47 Å². The van der Waals surface area contributed by atoms with E-state index in [-0.39, 0.29) is 0 Å². The van der Waals surface area contributed by atoms with Crippen molar-refractivity contribution in [3.8, 4) is 0 Å². The number of hydrogen-bond donors (Lipinski definition) is 0. The van der Waals surface area contributed by atoms with Gasteiger partial charge in [0.25, 0.3) is 0 Å². The smallest absolute Gasteiger partial charge is 0.0700 e. The van der Waals surface area contributed by atoms with Crippen LogP contribution in [0.4, 0.5) is 0 Å². The maximum Gasteiger partial charge on any atom is 0.0700 e. The van der Waals surface area contributed by atoms with Crippen LogP contribution in [-0.4, -0.2) is 26.4 Å². The highest BCUT2D eigenvalue weighted by Gasteiger charge is 1.93. The molecule has 0 unspecified atom stereocenters. The zero-order valence-electron chi connectivity index (χ0n) is 8.56. The summed E-state index contributed by atoms with van der Waals surface area (Å²) in [6, 6.07) is 0. The van der Waals surface area contributed by atoms with Gasteiger partial charge in [0.15, 0.2) is 0 Å². The molecule has 0 aromatic heterocycles. The molecule has 0 N–H and O–H groups in total. The summed E-state index contributed by atoms with van der Waals surface area (Å²) in [7, 11) is 0. The Morgan fingerprint density at radius 3 is 2.25 bits per heavy atom. The van der Waals surface area contributed by atoms with Gasteiger partial charge in [-0.2, -0.15) is 0 Å². The molecule has 0 heterocycles. The van der Waals surface area contributed by atoms with Crippen molar-refractivity contribution in [1.29, 1.82) is 0 Å². The molecule has 0 saturated heterocycles. The minimum Gasteiger partial charge on any atom is -0.379 e. The molecule has 12 heavy (non-hydrogen) atoms. The highest BCUT2D eigenvalue weighted by molar-refractivity contribution is 4.74. The second kappa shape index (κ2) is 9.01. The van der Waals surface area contributed by atoms with Gasteiger partial charge in [0.2, 0.25) is 0 Å². The van der Waals surface area contributed by atoms with E-state index in [9.17, 15) is 0 Å². The lowest BCUT2D eigenvalue weighted by Gasteiger charge is -2.06. The maximum atomic E-state index is 5.32. The van der Waals surface area contributed by atoms with E-state index in [4.69, 9.17) is 9.47 Å². The van der Waals surface area contributed by atoms with Crippen LogP contribution in [0.15, 0.2) is 0 Å². The lowest BCUT2D eigenvalue weighted by Crippen LogP contribution is -2.08. The third kappa shape index (κ3) is 9.92. The molecule has 0 aliphatic heterocycles. The summed E-state index contributed by atoms with van der Waals surface area (Å²) in [4.78, 5) is 0. The van der Waals surface area contributed by atoms with Crippen molar-refractivity contribution in [2.75, 3.05) is 26.4 Å². The van der Waals surface area contributed by atoms with Crippen LogP contribution in [0.2, 0.25) is 0 Å². The van der Waals surface area contributed by atoms with Crippen LogP contribution in [-0.2, 0) is 9.47 Å². The monoisotopic (exact) mass is 173 g/mol. The summed E-state index contributed by atoms with van der Waals surface area (Å²) in [6.45, 7) is 9.37. The fourth-order valence-corrected chi connectivity index (χ4v) is 0.743. The molecule has 0 fully saturated rings. The second-order valence-corrected chi connectivity index (χ2v) is 3.23. The lowest BCUT2D eigenvalue weighted by molar-refractivity contribution is 0.0510. The highest BCUT2D eigenvalue weighted by atomic mass is 16.5. The summed E-state index contributed by atoms with van der Waals surface area (Å²) in [5.74, 6) is 1.31. The fourth-order valence-electron chi connectivity index (χ4n) is 0.743. The molecule has 0 spiro atoms. The lowest BCUT2D eigenvalue weighted by atomic mass is 10.2. The van der Waals surface area contributed by atoms with E-state index in [1.807, 2.05) is 0 Å². The van der Waals surface area contributed by atoms with Crippen LogP contribution in [0.5, 0.6) is 0 Å². The summed E-state index contributed by atoms with van der Waals surface area (Å²) < 4.78 is 10.6. The van der Waals surface area contributed by atoms with E-state index in [1.165, 1.54) is 12.3 Å². The van der Waals surface area contributed by atoms with E-state index >= 15 is 0 Å². The van der Waals surface area contributed by atoms with Crippen LogP contribution in [0.1, 0.15) is 33.6 Å². The Morgan fingerprint density at radius 1 is 1.00 bits per heavy atom. The number of unbranched alkanes of at least 4 members (excludes halogenated alkanes) is 1. The topological polar surface area (TPSA) is 18.5 Å². The van der Waals surface area contributed by atoms with E-state index in [2.05, 4.69) is 20.8 Å². The Morgan fingerprint density at radius 2 is 1.67 bits per heavy atom. The average Bonchev–Trinajstić information content (AvgIpc) is 2.02. The molecular weight excluding hydrogens is 152 g/mol. The number of hydrogen-bond acceptors (Lipinski definition) is 2. The predicted molar refractivity (Wildman–Crippen MR) is 51.1 cm³/mol. The molecule has 0 aliphatic carbocycles. The van der Waals surface area contributed by atoms with Gasteiger partial charge in [0.1, 0.15) is 0 Å². The largest absolute Gasteiger partial charge is 0.379 e. The van der Waals surface area contributed by atoms with Crippen LogP contribution in [0, 0.1) is 5.92 Å². The fraction of sp³-hybridized carbons (Fsp3) is 0.900. The molecule has 0 aromatic carbocycles. The van der Waals surface area contributed by atoms with E-state index in [0.29, 0.717) is 0 Å². The third-order valence-corrected chi connectivity index (χ3v) is 1.40. The minimum atomic E-state index is 0.717. The van der Waals surface area contributed by atoms with Gasteiger partial charge in [-0.15, -0.1) is 0 Å². The van der Waals surface area contributed by atoms with Gasteiger partial charge in [-0.25, -0.2) is 0 Å². The first-order valence-corrected chi connectivity index (χ1v) is 4.72. The second-order valence-electron chi connectivity index (χ2n) is 3.23. The molecule has 0 saturated carbocycles. The Balaban J connectivity index is 2.82. The molecule has 0 rings (SSSR count). The van der Waals surface area contributed by atoms with E-state index in [0.717, 1.165) is 32.8 Å². The molecule has 2 heteroatoms. The van der Waals surface area contributed by atoms with Crippen LogP contribution in [0.3, 0.4) is 0 Å². The van der Waals surface area contributed by atoms with Crippen LogP contribution >= 0.6 is 0 Å². The minimum absolute atomic E-state index is 0.717. The van der Waals surface area contributed by atoms with Gasteiger partial charge in [0.05, 0.1) is 19.8 Å². The molecular formula is C10H21O2. The first-order valence-electron chi connectivity index (χ1n) is 4.72. The molecule has 0 aliphatic rings. The molecule has 0 atom stereocenters. The first kappa shape index (κ1) is 11.9. The Labute approximate surface area is 76.3 Å². The Hall–Kier alpha value is -0.0800. The molecule has 0 amide bonds. The molecule has 1 radical (unpaired) electrons. The summed E-state index contributed by atoms with van der Waals surface area (Å²) in [5, 5.41) is 0. The summed E-state index contributed by atoms with van der Waals surface area (Å²) >= 11 is 0. The van der Waals surface area contributed by atoms with Gasteiger partial charge in [0, 0.05) is 6.61 Å². The molecule has 0 aromatic rings. The van der Waals surface area contributed by atoms with Crippen LogP contribution < -0.4 is 0 Å². The van der Waals surface area contributed by atoms with Gasteiger partial charge in [-0.05, 0) is 12.3 Å². The normalized spacial score (nSPS) is 11.0. The standard InChI is InChI=1S/C10H21O2/c1-4-5-6-11-7-8-12-9-10(2)3/h4-9H2,1-3H3. The van der Waals surface area contributed by atoms with Crippen LogP contribution in [0.25, 0.3) is 0 Å². The zero-order valence-corrected chi connectivity index (χ0v) is 8.56. The van der Waals surface area contributed by atoms with Crippen molar-refractivity contribution < 1.29 is 9.47 Å². The molecule has 2 nitrogen and oxygen atoms in total. The average molecular weight is 173 g/mol. The quantitative estimate of drug-likeness (QED) is 0.525. The van der Waals surface area contributed by atoms with Gasteiger partial charge >= 0.3 is 0 Å². The molecule has 73 valence electrons. The summed E-state index contributed by atoms with van der Waals surface area (Å²) in [5.41, 5.74) is 0. The van der Waals surface area contributed by atoms with Crippen molar-refractivity contribution in [3.05, 3.63) is 5.92 Å². The molecule has 0 bridgehead atoms. The van der Waals surface area contributed by atoms with Gasteiger partial charge in [-0.3, -0.25) is 0 Å². The SMILES string of the molecule is CCCCOCCOC[C](C)C. The number of rotatable bonds is 8. The summed E-state index contributed by atoms with van der Waals surface area (Å²) in [6.07, 6.45) is 2.35. The van der Waals surface area contributed by atoms with Crippen molar-refractivity contribution in [3.63, 3.8) is 0 Å². The van der Waals surface area contributed by atoms with Crippen molar-refractivity contribution in [2.24, 2.45) is 0 Å².